The fourth-order valence-corrected chi connectivity index (χ4v) is 2.17. The van der Waals surface area contributed by atoms with Crippen molar-refractivity contribution in [2.75, 3.05) is 6.54 Å². The molecule has 0 aromatic heterocycles. The molecule has 0 spiro atoms. The highest BCUT2D eigenvalue weighted by Gasteiger charge is 2.48. The van der Waals surface area contributed by atoms with Gasteiger partial charge in [0.25, 0.3) is 0 Å². The van der Waals surface area contributed by atoms with Crippen molar-refractivity contribution in [2.24, 2.45) is 11.8 Å². The van der Waals surface area contributed by atoms with E-state index in [1.165, 1.54) is 6.92 Å². The van der Waals surface area contributed by atoms with Crippen LogP contribution < -0.4 is 5.32 Å². The fourth-order valence-electron chi connectivity index (χ4n) is 2.17. The Bertz CT molecular complexity index is 588. The number of carboxylic acid groups (broad SMARTS) is 1. The Morgan fingerprint density at radius 3 is 2.57 bits per heavy atom. The van der Waals surface area contributed by atoms with Crippen LogP contribution in [-0.2, 0) is 15.2 Å². The van der Waals surface area contributed by atoms with E-state index in [1.54, 1.807) is 0 Å². The Morgan fingerprint density at radius 2 is 2.05 bits per heavy atom. The molecule has 3 atom stereocenters. The highest BCUT2D eigenvalue weighted by Crippen LogP contribution is 2.38. The van der Waals surface area contributed by atoms with Crippen LogP contribution in [0.3, 0.4) is 0 Å². The van der Waals surface area contributed by atoms with Gasteiger partial charge in [0, 0.05) is 11.6 Å². The second-order valence-corrected chi connectivity index (χ2v) is 5.40. The van der Waals surface area contributed by atoms with E-state index >= 15 is 0 Å². The van der Waals surface area contributed by atoms with Gasteiger partial charge < -0.3 is 15.5 Å². The number of hydrogen-bond donors (Lipinski definition) is 3. The zero-order valence-corrected chi connectivity index (χ0v) is 11.3. The van der Waals surface area contributed by atoms with Crippen molar-refractivity contribution in [3.05, 3.63) is 35.4 Å². The van der Waals surface area contributed by atoms with Gasteiger partial charge in [-0.05, 0) is 19.4 Å². The number of carboxylic acids is 1. The highest BCUT2D eigenvalue weighted by molar-refractivity contribution is 5.89. The minimum Gasteiger partial charge on any atom is -0.481 e. The predicted molar refractivity (Wildman–Crippen MR) is 68.2 cm³/mol. The molecule has 1 fully saturated rings. The van der Waals surface area contributed by atoms with Crippen molar-refractivity contribution in [1.29, 1.82) is 0 Å². The molecule has 2 rings (SSSR count). The van der Waals surface area contributed by atoms with Gasteiger partial charge in [-0.3, -0.25) is 9.59 Å². The Balaban J connectivity index is 1.98. The monoisotopic (exact) mass is 299 g/mol. The zero-order chi connectivity index (χ0) is 15.8. The summed E-state index contributed by atoms with van der Waals surface area (Å²) in [7, 11) is 0. The molecule has 5 nitrogen and oxygen atoms in total. The van der Waals surface area contributed by atoms with Crippen molar-refractivity contribution in [3.8, 4) is 0 Å². The van der Waals surface area contributed by atoms with Crippen LogP contribution in [0.15, 0.2) is 18.2 Å². The summed E-state index contributed by atoms with van der Waals surface area (Å²) in [4.78, 5) is 22.4. The van der Waals surface area contributed by atoms with E-state index in [9.17, 15) is 23.5 Å². The summed E-state index contributed by atoms with van der Waals surface area (Å²) in [6, 6.07) is 2.76. The highest BCUT2D eigenvalue weighted by atomic mass is 19.1. The third-order valence-electron chi connectivity index (χ3n) is 3.56. The Kier molecular flexibility index (Phi) is 3.95. The Morgan fingerprint density at radius 1 is 1.38 bits per heavy atom. The number of aliphatic carboxylic acids is 1. The van der Waals surface area contributed by atoms with Gasteiger partial charge in [-0.2, -0.15) is 0 Å². The van der Waals surface area contributed by atoms with E-state index in [4.69, 9.17) is 5.11 Å². The van der Waals surface area contributed by atoms with Gasteiger partial charge in [0.15, 0.2) is 0 Å². The summed E-state index contributed by atoms with van der Waals surface area (Å²) in [5.74, 6) is -4.52. The summed E-state index contributed by atoms with van der Waals surface area (Å²) < 4.78 is 26.5. The summed E-state index contributed by atoms with van der Waals surface area (Å²) in [5, 5.41) is 21.3. The molecule has 0 saturated heterocycles. The maximum Gasteiger partial charge on any atom is 0.307 e. The van der Waals surface area contributed by atoms with Crippen LogP contribution in [-0.4, -0.2) is 28.6 Å². The molecule has 1 aliphatic carbocycles. The number of benzene rings is 1. The molecule has 0 aliphatic heterocycles. The fraction of sp³-hybridized carbons (Fsp3) is 0.429. The molecular formula is C14H15F2NO4. The first-order valence-corrected chi connectivity index (χ1v) is 6.41. The number of hydrogen-bond acceptors (Lipinski definition) is 3. The maximum absolute atomic E-state index is 13.6. The Labute approximate surface area is 119 Å². The van der Waals surface area contributed by atoms with Gasteiger partial charge in [0.2, 0.25) is 5.91 Å². The molecular weight excluding hydrogens is 284 g/mol. The smallest absolute Gasteiger partial charge is 0.307 e. The number of amides is 1. The van der Waals surface area contributed by atoms with Gasteiger partial charge in [-0.15, -0.1) is 0 Å². The number of carbonyl (C=O) groups is 2. The molecule has 1 saturated carbocycles. The van der Waals surface area contributed by atoms with Crippen LogP contribution in [0.4, 0.5) is 8.78 Å². The van der Waals surface area contributed by atoms with Gasteiger partial charge in [-0.1, -0.05) is 6.07 Å². The van der Waals surface area contributed by atoms with E-state index in [1.807, 2.05) is 0 Å². The number of rotatable bonds is 5. The molecule has 7 heteroatoms. The van der Waals surface area contributed by atoms with Crippen LogP contribution >= 0.6 is 0 Å². The molecule has 0 bridgehead atoms. The van der Waals surface area contributed by atoms with E-state index in [2.05, 4.69) is 5.32 Å². The molecule has 1 aliphatic rings. The average molecular weight is 299 g/mol. The first kappa shape index (κ1) is 15.4. The normalized spacial score (nSPS) is 23.2. The predicted octanol–water partition coefficient (Wildman–Crippen LogP) is 1.01. The zero-order valence-electron chi connectivity index (χ0n) is 11.3. The van der Waals surface area contributed by atoms with Crippen LogP contribution in [0.25, 0.3) is 0 Å². The van der Waals surface area contributed by atoms with E-state index in [0.29, 0.717) is 6.07 Å². The van der Waals surface area contributed by atoms with Crippen LogP contribution in [0.1, 0.15) is 18.9 Å². The van der Waals surface area contributed by atoms with Crippen LogP contribution in [0.5, 0.6) is 0 Å². The first-order chi connectivity index (χ1) is 9.72. The minimum absolute atomic E-state index is 0.144. The topological polar surface area (TPSA) is 86.6 Å². The SMILES string of the molecule is C[C@](O)(CNC(=O)[C@H]1C[C@@H]1C(=O)O)c1ccc(F)cc1F. The minimum atomic E-state index is -1.72. The van der Waals surface area contributed by atoms with E-state index < -0.39 is 40.9 Å². The lowest BCUT2D eigenvalue weighted by Gasteiger charge is -2.24. The van der Waals surface area contributed by atoms with Crippen molar-refractivity contribution in [1.82, 2.24) is 5.32 Å². The van der Waals surface area contributed by atoms with E-state index in [0.717, 1.165) is 12.1 Å². The molecule has 0 unspecified atom stereocenters. The number of halogens is 2. The molecule has 21 heavy (non-hydrogen) atoms. The second kappa shape index (κ2) is 5.40. The Hall–Kier alpha value is -2.02. The maximum atomic E-state index is 13.6. The molecule has 1 aromatic rings. The van der Waals surface area contributed by atoms with E-state index in [-0.39, 0.29) is 18.5 Å². The molecule has 114 valence electrons. The molecule has 1 aromatic carbocycles. The summed E-state index contributed by atoms with van der Waals surface area (Å²) in [5.41, 5.74) is -1.86. The molecule has 3 N–H and O–H groups in total. The molecule has 0 heterocycles. The van der Waals surface area contributed by atoms with Crippen molar-refractivity contribution < 1.29 is 28.6 Å². The van der Waals surface area contributed by atoms with Gasteiger partial charge >= 0.3 is 5.97 Å². The number of carbonyl (C=O) groups excluding carboxylic acids is 1. The van der Waals surface area contributed by atoms with Crippen LogP contribution in [0.2, 0.25) is 0 Å². The number of nitrogens with one attached hydrogen (secondary N) is 1. The summed E-state index contributed by atoms with van der Waals surface area (Å²) in [6.45, 7) is 0.988. The van der Waals surface area contributed by atoms with Crippen molar-refractivity contribution in [2.45, 2.75) is 18.9 Å². The second-order valence-electron chi connectivity index (χ2n) is 5.40. The molecule has 1 amide bonds. The quantitative estimate of drug-likeness (QED) is 0.757. The summed E-state index contributed by atoms with van der Waals surface area (Å²) in [6.07, 6.45) is 0.258. The largest absolute Gasteiger partial charge is 0.481 e. The van der Waals surface area contributed by atoms with Gasteiger partial charge in [0.05, 0.1) is 18.4 Å². The van der Waals surface area contributed by atoms with Gasteiger partial charge in [-0.25, -0.2) is 8.78 Å². The number of aliphatic hydroxyl groups is 1. The lowest BCUT2D eigenvalue weighted by molar-refractivity contribution is -0.140. The van der Waals surface area contributed by atoms with Crippen molar-refractivity contribution >= 4 is 11.9 Å². The van der Waals surface area contributed by atoms with Crippen LogP contribution in [0, 0.1) is 23.5 Å². The third kappa shape index (κ3) is 3.36. The lowest BCUT2D eigenvalue weighted by Crippen LogP contribution is -2.40. The summed E-state index contributed by atoms with van der Waals surface area (Å²) >= 11 is 0. The lowest BCUT2D eigenvalue weighted by atomic mass is 9.95. The van der Waals surface area contributed by atoms with Crippen molar-refractivity contribution in [3.63, 3.8) is 0 Å². The average Bonchev–Trinajstić information content (AvgIpc) is 3.15. The van der Waals surface area contributed by atoms with Gasteiger partial charge in [0.1, 0.15) is 17.2 Å². The first-order valence-electron chi connectivity index (χ1n) is 6.41. The third-order valence-corrected chi connectivity index (χ3v) is 3.56. The standard InChI is InChI=1S/C14H15F2NO4/c1-14(21,10-3-2-7(15)4-11(10)16)6-17-12(18)8-5-9(8)13(19)20/h2-4,8-9,21H,5-6H2,1H3,(H,17,18)(H,19,20)/t8-,9-,14-/m0/s1. The molecule has 0 radical (unpaired) electrons.